The van der Waals surface area contributed by atoms with E-state index in [0.29, 0.717) is 5.92 Å². The summed E-state index contributed by atoms with van der Waals surface area (Å²) in [6.45, 7) is 5.03. The SMILES string of the molecule is CCCC(CN)Cc1nc(C)cs1. The summed E-state index contributed by atoms with van der Waals surface area (Å²) in [6, 6.07) is 0. The van der Waals surface area contributed by atoms with Crippen molar-refractivity contribution in [2.24, 2.45) is 11.7 Å². The second kappa shape index (κ2) is 5.35. The molecule has 2 nitrogen and oxygen atoms in total. The van der Waals surface area contributed by atoms with E-state index in [2.05, 4.69) is 17.3 Å². The molecule has 0 saturated carbocycles. The van der Waals surface area contributed by atoms with Crippen molar-refractivity contribution in [1.82, 2.24) is 4.98 Å². The van der Waals surface area contributed by atoms with Crippen molar-refractivity contribution in [2.45, 2.75) is 33.1 Å². The largest absolute Gasteiger partial charge is 0.330 e. The number of rotatable bonds is 5. The van der Waals surface area contributed by atoms with Crippen molar-refractivity contribution in [3.63, 3.8) is 0 Å². The van der Waals surface area contributed by atoms with Gasteiger partial charge in [-0.3, -0.25) is 0 Å². The van der Waals surface area contributed by atoms with Crippen LogP contribution in [0.5, 0.6) is 0 Å². The van der Waals surface area contributed by atoms with Crippen LogP contribution in [0.4, 0.5) is 0 Å². The molecule has 13 heavy (non-hydrogen) atoms. The lowest BCUT2D eigenvalue weighted by molar-refractivity contribution is 0.486. The molecule has 74 valence electrons. The molecule has 0 fully saturated rings. The van der Waals surface area contributed by atoms with Gasteiger partial charge < -0.3 is 5.73 Å². The first-order valence-electron chi connectivity index (χ1n) is 4.87. The zero-order chi connectivity index (χ0) is 9.68. The number of thiazole rings is 1. The summed E-state index contributed by atoms with van der Waals surface area (Å²) in [5.74, 6) is 0.621. The number of hydrogen-bond acceptors (Lipinski definition) is 3. The maximum absolute atomic E-state index is 5.69. The van der Waals surface area contributed by atoms with Crippen LogP contribution in [0.1, 0.15) is 30.5 Å². The summed E-state index contributed by atoms with van der Waals surface area (Å²) < 4.78 is 0. The zero-order valence-corrected chi connectivity index (χ0v) is 9.23. The quantitative estimate of drug-likeness (QED) is 0.789. The predicted molar refractivity (Wildman–Crippen MR) is 58.0 cm³/mol. The van der Waals surface area contributed by atoms with Crippen molar-refractivity contribution < 1.29 is 0 Å². The van der Waals surface area contributed by atoms with E-state index in [1.807, 2.05) is 6.92 Å². The van der Waals surface area contributed by atoms with Crippen LogP contribution in [0.15, 0.2) is 5.38 Å². The topological polar surface area (TPSA) is 38.9 Å². The molecule has 0 bridgehead atoms. The van der Waals surface area contributed by atoms with E-state index in [1.165, 1.54) is 17.8 Å². The highest BCUT2D eigenvalue weighted by Gasteiger charge is 2.08. The highest BCUT2D eigenvalue weighted by atomic mass is 32.1. The van der Waals surface area contributed by atoms with Crippen molar-refractivity contribution in [1.29, 1.82) is 0 Å². The van der Waals surface area contributed by atoms with E-state index in [1.54, 1.807) is 11.3 Å². The Labute approximate surface area is 84.2 Å². The molecule has 1 aromatic heterocycles. The third-order valence-corrected chi connectivity index (χ3v) is 3.15. The lowest BCUT2D eigenvalue weighted by Crippen LogP contribution is -2.16. The summed E-state index contributed by atoms with van der Waals surface area (Å²) in [5, 5.41) is 3.34. The van der Waals surface area contributed by atoms with Gasteiger partial charge in [0.2, 0.25) is 0 Å². The van der Waals surface area contributed by atoms with Crippen LogP contribution in [0.2, 0.25) is 0 Å². The summed E-state index contributed by atoms with van der Waals surface area (Å²) >= 11 is 1.75. The van der Waals surface area contributed by atoms with Crippen LogP contribution in [-0.2, 0) is 6.42 Å². The van der Waals surface area contributed by atoms with Gasteiger partial charge in [-0.15, -0.1) is 11.3 Å². The number of nitrogens with zero attached hydrogens (tertiary/aromatic N) is 1. The van der Waals surface area contributed by atoms with Crippen molar-refractivity contribution in [2.75, 3.05) is 6.54 Å². The van der Waals surface area contributed by atoms with Crippen LogP contribution >= 0.6 is 11.3 Å². The Morgan fingerprint density at radius 3 is 2.85 bits per heavy atom. The minimum absolute atomic E-state index is 0.621. The molecule has 1 aromatic rings. The van der Waals surface area contributed by atoms with Gasteiger partial charge >= 0.3 is 0 Å². The molecule has 0 saturated heterocycles. The molecular formula is C10H18N2S. The molecule has 1 atom stereocenters. The Morgan fingerprint density at radius 1 is 1.62 bits per heavy atom. The van der Waals surface area contributed by atoms with Gasteiger partial charge in [0.1, 0.15) is 0 Å². The highest BCUT2D eigenvalue weighted by Crippen LogP contribution is 2.16. The average molecular weight is 198 g/mol. The number of nitrogens with two attached hydrogens (primary N) is 1. The second-order valence-corrected chi connectivity index (χ2v) is 4.42. The molecule has 2 N–H and O–H groups in total. The Hall–Kier alpha value is -0.410. The Morgan fingerprint density at radius 2 is 2.38 bits per heavy atom. The molecule has 0 aliphatic rings. The lowest BCUT2D eigenvalue weighted by atomic mass is 10.0. The minimum atomic E-state index is 0.621. The molecule has 1 heterocycles. The van der Waals surface area contributed by atoms with Crippen molar-refractivity contribution in [3.8, 4) is 0 Å². The van der Waals surface area contributed by atoms with Crippen LogP contribution in [-0.4, -0.2) is 11.5 Å². The molecule has 0 amide bonds. The molecule has 0 radical (unpaired) electrons. The Bertz CT molecular complexity index is 245. The van der Waals surface area contributed by atoms with Gasteiger partial charge in [0, 0.05) is 17.5 Å². The van der Waals surface area contributed by atoms with Gasteiger partial charge in [0.15, 0.2) is 0 Å². The lowest BCUT2D eigenvalue weighted by Gasteiger charge is -2.10. The monoisotopic (exact) mass is 198 g/mol. The molecular weight excluding hydrogens is 180 g/mol. The third kappa shape index (κ3) is 3.44. The van der Waals surface area contributed by atoms with E-state index in [-0.39, 0.29) is 0 Å². The third-order valence-electron chi connectivity index (χ3n) is 2.16. The first kappa shape index (κ1) is 10.7. The van der Waals surface area contributed by atoms with E-state index >= 15 is 0 Å². The van der Waals surface area contributed by atoms with E-state index in [4.69, 9.17) is 5.73 Å². The standard InChI is InChI=1S/C10H18N2S/c1-3-4-9(6-11)5-10-12-8(2)7-13-10/h7,9H,3-6,11H2,1-2H3. The van der Waals surface area contributed by atoms with Gasteiger partial charge in [-0.2, -0.15) is 0 Å². The predicted octanol–water partition coefficient (Wildman–Crippen LogP) is 2.37. The van der Waals surface area contributed by atoms with Gasteiger partial charge in [0.25, 0.3) is 0 Å². The molecule has 1 unspecified atom stereocenters. The average Bonchev–Trinajstić information content (AvgIpc) is 2.50. The minimum Gasteiger partial charge on any atom is -0.330 e. The summed E-state index contributed by atoms with van der Waals surface area (Å²) in [4.78, 5) is 4.44. The van der Waals surface area contributed by atoms with E-state index < -0.39 is 0 Å². The first-order valence-corrected chi connectivity index (χ1v) is 5.75. The van der Waals surface area contributed by atoms with Gasteiger partial charge in [-0.1, -0.05) is 13.3 Å². The maximum atomic E-state index is 5.69. The van der Waals surface area contributed by atoms with Crippen molar-refractivity contribution >= 4 is 11.3 Å². The van der Waals surface area contributed by atoms with E-state index in [9.17, 15) is 0 Å². The zero-order valence-electron chi connectivity index (χ0n) is 8.42. The van der Waals surface area contributed by atoms with Crippen LogP contribution < -0.4 is 5.73 Å². The van der Waals surface area contributed by atoms with Gasteiger partial charge in [0.05, 0.1) is 5.01 Å². The molecule has 1 rings (SSSR count). The summed E-state index contributed by atoms with van der Waals surface area (Å²) in [5.41, 5.74) is 6.82. The van der Waals surface area contributed by atoms with Gasteiger partial charge in [-0.25, -0.2) is 4.98 Å². The van der Waals surface area contributed by atoms with Crippen LogP contribution in [0, 0.1) is 12.8 Å². The number of hydrogen-bond donors (Lipinski definition) is 1. The number of aryl methyl sites for hydroxylation is 1. The van der Waals surface area contributed by atoms with Crippen LogP contribution in [0.25, 0.3) is 0 Å². The van der Waals surface area contributed by atoms with E-state index in [0.717, 1.165) is 18.7 Å². The molecule has 0 aliphatic heterocycles. The molecule has 0 aromatic carbocycles. The fourth-order valence-electron chi connectivity index (χ4n) is 1.45. The molecule has 0 spiro atoms. The van der Waals surface area contributed by atoms with Crippen molar-refractivity contribution in [3.05, 3.63) is 16.1 Å². The molecule has 0 aliphatic carbocycles. The smallest absolute Gasteiger partial charge is 0.0931 e. The fourth-order valence-corrected chi connectivity index (χ4v) is 2.34. The normalized spacial score (nSPS) is 13.2. The highest BCUT2D eigenvalue weighted by molar-refractivity contribution is 7.09. The van der Waals surface area contributed by atoms with Crippen LogP contribution in [0.3, 0.4) is 0 Å². The Kier molecular flexibility index (Phi) is 4.39. The summed E-state index contributed by atoms with van der Waals surface area (Å²) in [7, 11) is 0. The second-order valence-electron chi connectivity index (χ2n) is 3.48. The molecule has 3 heteroatoms. The Balaban J connectivity index is 2.46. The fraction of sp³-hybridized carbons (Fsp3) is 0.700. The van der Waals surface area contributed by atoms with Gasteiger partial charge in [-0.05, 0) is 25.8 Å². The first-order chi connectivity index (χ1) is 6.26. The number of aromatic nitrogens is 1. The maximum Gasteiger partial charge on any atom is 0.0931 e. The summed E-state index contributed by atoms with van der Waals surface area (Å²) in [6.07, 6.45) is 3.49.